The van der Waals surface area contributed by atoms with Crippen molar-refractivity contribution in [1.82, 2.24) is 9.97 Å². The molecule has 0 unspecified atom stereocenters. The first-order chi connectivity index (χ1) is 12.1. The number of phenols is 1. The summed E-state index contributed by atoms with van der Waals surface area (Å²) in [5, 5.41) is 10.0. The van der Waals surface area contributed by atoms with E-state index in [9.17, 15) is 5.11 Å². The topological polar surface area (TPSA) is 103 Å². The van der Waals surface area contributed by atoms with E-state index in [0.717, 1.165) is 16.8 Å². The summed E-state index contributed by atoms with van der Waals surface area (Å²) >= 11 is 0. The second kappa shape index (κ2) is 6.64. The van der Waals surface area contributed by atoms with Crippen LogP contribution in [0.25, 0.3) is 22.5 Å². The zero-order valence-electron chi connectivity index (χ0n) is 14.2. The van der Waals surface area contributed by atoms with E-state index in [2.05, 4.69) is 9.97 Å². The summed E-state index contributed by atoms with van der Waals surface area (Å²) in [5.41, 5.74) is 9.39. The first-order valence-corrected chi connectivity index (χ1v) is 7.51. The molecule has 2 aromatic carbocycles. The summed E-state index contributed by atoms with van der Waals surface area (Å²) in [5.74, 6) is 1.45. The van der Waals surface area contributed by atoms with Crippen molar-refractivity contribution >= 4 is 5.69 Å². The molecule has 25 heavy (non-hydrogen) atoms. The smallest absolute Gasteiger partial charge is 0.160 e. The first kappa shape index (κ1) is 16.5. The quantitative estimate of drug-likeness (QED) is 0.616. The number of aromatic nitrogens is 2. The number of aromatic amines is 1. The first-order valence-electron chi connectivity index (χ1n) is 7.51. The summed E-state index contributed by atoms with van der Waals surface area (Å²) in [4.78, 5) is 7.49. The third kappa shape index (κ3) is 2.91. The van der Waals surface area contributed by atoms with E-state index in [-0.39, 0.29) is 5.75 Å². The number of nitrogens with zero attached hydrogens (tertiary/aromatic N) is 1. The number of methoxy groups -OCH3 is 3. The number of aromatic hydroxyl groups is 1. The Bertz CT molecular complexity index is 880. The number of hydrogen-bond donors (Lipinski definition) is 3. The summed E-state index contributed by atoms with van der Waals surface area (Å²) < 4.78 is 15.7. The summed E-state index contributed by atoms with van der Waals surface area (Å²) in [6.45, 7) is 0. The summed E-state index contributed by atoms with van der Waals surface area (Å²) in [6, 6.07) is 8.73. The number of nitrogens with two attached hydrogens (primary N) is 1. The van der Waals surface area contributed by atoms with Crippen LogP contribution in [0.3, 0.4) is 0 Å². The van der Waals surface area contributed by atoms with Crippen LogP contribution in [0, 0.1) is 0 Å². The fraction of sp³-hybridized carbons (Fsp3) is 0.167. The van der Waals surface area contributed by atoms with Gasteiger partial charge in [0.25, 0.3) is 0 Å². The minimum absolute atomic E-state index is 0.0491. The highest BCUT2D eigenvalue weighted by molar-refractivity contribution is 5.82. The molecule has 0 fully saturated rings. The van der Waals surface area contributed by atoms with E-state index < -0.39 is 0 Å². The maximum Gasteiger partial charge on any atom is 0.160 e. The minimum Gasteiger partial charge on any atom is -0.504 e. The summed E-state index contributed by atoms with van der Waals surface area (Å²) in [6.07, 6.45) is 1.58. The molecule has 0 radical (unpaired) electrons. The molecular weight excluding hydrogens is 322 g/mol. The standard InChI is InChI=1S/C18H19N3O4/c1-23-13-5-4-10(6-12(13)22)17-18(21-9-20-17)11-7-14(24-2)16(19)15(8-11)25-3/h4-9,22H,19H2,1-3H3,(H,20,21). The van der Waals surface area contributed by atoms with Crippen molar-refractivity contribution in [2.45, 2.75) is 0 Å². The lowest BCUT2D eigenvalue weighted by molar-refractivity contribution is 0.373. The van der Waals surface area contributed by atoms with Gasteiger partial charge < -0.3 is 30.0 Å². The van der Waals surface area contributed by atoms with Gasteiger partial charge in [0.2, 0.25) is 0 Å². The van der Waals surface area contributed by atoms with Crippen molar-refractivity contribution in [1.29, 1.82) is 0 Å². The molecule has 130 valence electrons. The van der Waals surface area contributed by atoms with E-state index >= 15 is 0 Å². The largest absolute Gasteiger partial charge is 0.504 e. The molecule has 1 heterocycles. The molecule has 7 nitrogen and oxygen atoms in total. The maximum absolute atomic E-state index is 10.0. The SMILES string of the molecule is COc1ccc(-c2[nH]cnc2-c2cc(OC)c(N)c(OC)c2)cc1O. The van der Waals surface area contributed by atoms with E-state index in [4.69, 9.17) is 19.9 Å². The average Bonchev–Trinajstić information content (AvgIpc) is 3.11. The fourth-order valence-corrected chi connectivity index (χ4v) is 2.65. The molecule has 0 saturated heterocycles. The molecule has 0 aliphatic heterocycles. The van der Waals surface area contributed by atoms with Crippen molar-refractivity contribution in [2.24, 2.45) is 0 Å². The van der Waals surface area contributed by atoms with Crippen LogP contribution >= 0.6 is 0 Å². The molecule has 0 amide bonds. The Labute approximate surface area is 145 Å². The third-order valence-electron chi connectivity index (χ3n) is 3.92. The summed E-state index contributed by atoms with van der Waals surface area (Å²) in [7, 11) is 4.59. The Morgan fingerprint density at radius 1 is 0.920 bits per heavy atom. The number of hydrogen-bond acceptors (Lipinski definition) is 6. The van der Waals surface area contributed by atoms with Crippen LogP contribution in [0.1, 0.15) is 0 Å². The van der Waals surface area contributed by atoms with Crippen LogP contribution in [-0.2, 0) is 0 Å². The Hall–Kier alpha value is -3.35. The van der Waals surface area contributed by atoms with Gasteiger partial charge in [-0.2, -0.15) is 0 Å². The molecule has 3 aromatic rings. The highest BCUT2D eigenvalue weighted by Crippen LogP contribution is 2.40. The number of nitrogens with one attached hydrogen (secondary N) is 1. The maximum atomic E-state index is 10.0. The predicted octanol–water partition coefficient (Wildman–Crippen LogP) is 3.06. The van der Waals surface area contributed by atoms with Crippen molar-refractivity contribution < 1.29 is 19.3 Å². The Morgan fingerprint density at radius 3 is 2.12 bits per heavy atom. The van der Waals surface area contributed by atoms with Crippen molar-refractivity contribution in [2.75, 3.05) is 27.1 Å². The van der Waals surface area contributed by atoms with E-state index in [1.54, 1.807) is 44.8 Å². The monoisotopic (exact) mass is 341 g/mol. The Kier molecular flexibility index (Phi) is 4.38. The molecule has 3 rings (SSSR count). The number of imidazole rings is 1. The van der Waals surface area contributed by atoms with Crippen molar-refractivity contribution in [3.8, 4) is 45.5 Å². The number of benzene rings is 2. The molecule has 1 aromatic heterocycles. The van der Waals surface area contributed by atoms with Gasteiger partial charge in [-0.15, -0.1) is 0 Å². The highest BCUT2D eigenvalue weighted by atomic mass is 16.5. The lowest BCUT2D eigenvalue weighted by Crippen LogP contribution is -1.98. The van der Waals surface area contributed by atoms with Gasteiger partial charge in [-0.25, -0.2) is 4.98 Å². The number of H-pyrrole nitrogens is 1. The van der Waals surface area contributed by atoms with E-state index in [1.807, 2.05) is 6.07 Å². The van der Waals surface area contributed by atoms with Crippen LogP contribution < -0.4 is 19.9 Å². The minimum atomic E-state index is 0.0491. The van der Waals surface area contributed by atoms with E-state index in [1.165, 1.54) is 7.11 Å². The second-order valence-electron chi connectivity index (χ2n) is 5.31. The molecule has 0 aliphatic carbocycles. The van der Waals surface area contributed by atoms with Gasteiger partial charge in [0, 0.05) is 11.1 Å². The third-order valence-corrected chi connectivity index (χ3v) is 3.92. The van der Waals surface area contributed by atoms with Crippen LogP contribution in [0.5, 0.6) is 23.0 Å². The van der Waals surface area contributed by atoms with Gasteiger partial charge >= 0.3 is 0 Å². The second-order valence-corrected chi connectivity index (χ2v) is 5.31. The fourth-order valence-electron chi connectivity index (χ4n) is 2.65. The lowest BCUT2D eigenvalue weighted by Gasteiger charge is -2.12. The van der Waals surface area contributed by atoms with Crippen LogP contribution in [-0.4, -0.2) is 36.4 Å². The molecule has 0 aliphatic rings. The van der Waals surface area contributed by atoms with Gasteiger partial charge in [0.1, 0.15) is 17.2 Å². The van der Waals surface area contributed by atoms with Gasteiger partial charge in [-0.1, -0.05) is 0 Å². The zero-order chi connectivity index (χ0) is 18.0. The number of phenolic OH excluding ortho intramolecular Hbond substituents is 1. The van der Waals surface area contributed by atoms with Crippen LogP contribution in [0.15, 0.2) is 36.7 Å². The number of nitrogen functional groups attached to an aromatic ring is 1. The number of rotatable bonds is 5. The van der Waals surface area contributed by atoms with E-state index in [0.29, 0.717) is 28.6 Å². The molecule has 4 N–H and O–H groups in total. The van der Waals surface area contributed by atoms with Crippen LogP contribution in [0.2, 0.25) is 0 Å². The van der Waals surface area contributed by atoms with Gasteiger partial charge in [-0.05, 0) is 30.3 Å². The Balaban J connectivity index is 2.13. The normalized spacial score (nSPS) is 10.5. The van der Waals surface area contributed by atoms with Crippen LogP contribution in [0.4, 0.5) is 5.69 Å². The molecule has 0 bridgehead atoms. The molecule has 7 heteroatoms. The predicted molar refractivity (Wildman–Crippen MR) is 95.2 cm³/mol. The molecule has 0 spiro atoms. The van der Waals surface area contributed by atoms with Crippen molar-refractivity contribution in [3.05, 3.63) is 36.7 Å². The number of anilines is 1. The van der Waals surface area contributed by atoms with Crippen molar-refractivity contribution in [3.63, 3.8) is 0 Å². The molecular formula is C18H19N3O4. The van der Waals surface area contributed by atoms with Gasteiger partial charge in [0.15, 0.2) is 11.5 Å². The lowest BCUT2D eigenvalue weighted by atomic mass is 10.0. The molecule has 0 saturated carbocycles. The molecule has 0 atom stereocenters. The van der Waals surface area contributed by atoms with Gasteiger partial charge in [0.05, 0.1) is 39.0 Å². The van der Waals surface area contributed by atoms with Gasteiger partial charge in [-0.3, -0.25) is 0 Å². The highest BCUT2D eigenvalue weighted by Gasteiger charge is 2.16. The Morgan fingerprint density at radius 2 is 1.56 bits per heavy atom. The average molecular weight is 341 g/mol. The number of ether oxygens (including phenoxy) is 3. The zero-order valence-corrected chi connectivity index (χ0v) is 14.2.